The Morgan fingerprint density at radius 1 is 1.04 bits per heavy atom. The van der Waals surface area contributed by atoms with Crippen LogP contribution in [0.25, 0.3) is 0 Å². The standard InChI is InChI=1S/C19H26N8/c1-20-19(21-9-4-5-11-26-15-23-24-16-26)22-13-17-7-2-3-8-18(17)14-27-12-6-10-25-27/h2-3,6-8,10,12,15-16H,4-5,9,11,13-14H2,1H3,(H2,20,21,22). The van der Waals surface area contributed by atoms with E-state index in [0.29, 0.717) is 0 Å². The lowest BCUT2D eigenvalue weighted by Crippen LogP contribution is -2.37. The molecule has 142 valence electrons. The molecule has 0 unspecified atom stereocenters. The van der Waals surface area contributed by atoms with Gasteiger partial charge in [-0.3, -0.25) is 9.67 Å². The largest absolute Gasteiger partial charge is 0.356 e. The number of unbranched alkanes of at least 4 members (excludes halogenated alkanes) is 1. The fourth-order valence-corrected chi connectivity index (χ4v) is 2.82. The van der Waals surface area contributed by atoms with E-state index in [-0.39, 0.29) is 0 Å². The van der Waals surface area contributed by atoms with Crippen LogP contribution in [0.3, 0.4) is 0 Å². The second-order valence-corrected chi connectivity index (χ2v) is 6.23. The summed E-state index contributed by atoms with van der Waals surface area (Å²) in [5, 5.41) is 18.7. The van der Waals surface area contributed by atoms with Crippen LogP contribution >= 0.6 is 0 Å². The third kappa shape index (κ3) is 5.95. The predicted octanol–water partition coefficient (Wildman–Crippen LogP) is 1.67. The summed E-state index contributed by atoms with van der Waals surface area (Å²) in [7, 11) is 1.79. The molecule has 3 rings (SSSR count). The van der Waals surface area contributed by atoms with Gasteiger partial charge in [-0.1, -0.05) is 24.3 Å². The van der Waals surface area contributed by atoms with E-state index in [1.165, 1.54) is 11.1 Å². The van der Waals surface area contributed by atoms with E-state index in [0.717, 1.165) is 45.0 Å². The molecule has 0 saturated carbocycles. The van der Waals surface area contributed by atoms with Crippen LogP contribution in [0.5, 0.6) is 0 Å². The normalized spacial score (nSPS) is 11.5. The molecule has 0 bridgehead atoms. The number of rotatable bonds is 9. The third-order valence-corrected chi connectivity index (χ3v) is 4.28. The van der Waals surface area contributed by atoms with Gasteiger partial charge in [0.25, 0.3) is 0 Å². The minimum absolute atomic E-state index is 0.720. The molecule has 8 nitrogen and oxygen atoms in total. The van der Waals surface area contributed by atoms with Gasteiger partial charge >= 0.3 is 0 Å². The highest BCUT2D eigenvalue weighted by atomic mass is 15.3. The van der Waals surface area contributed by atoms with E-state index in [1.54, 1.807) is 25.9 Å². The van der Waals surface area contributed by atoms with Gasteiger partial charge in [-0.05, 0) is 30.0 Å². The molecule has 3 aromatic rings. The lowest BCUT2D eigenvalue weighted by atomic mass is 10.1. The predicted molar refractivity (Wildman–Crippen MR) is 105 cm³/mol. The van der Waals surface area contributed by atoms with E-state index < -0.39 is 0 Å². The van der Waals surface area contributed by atoms with Crippen molar-refractivity contribution in [1.82, 2.24) is 35.2 Å². The molecule has 0 aliphatic rings. The number of nitrogens with zero attached hydrogens (tertiary/aromatic N) is 6. The number of benzene rings is 1. The maximum Gasteiger partial charge on any atom is 0.191 e. The molecule has 0 atom stereocenters. The van der Waals surface area contributed by atoms with Crippen molar-refractivity contribution in [2.24, 2.45) is 4.99 Å². The van der Waals surface area contributed by atoms with Gasteiger partial charge in [0.2, 0.25) is 0 Å². The molecule has 2 aromatic heterocycles. The molecule has 0 fully saturated rings. The monoisotopic (exact) mass is 366 g/mol. The van der Waals surface area contributed by atoms with Crippen LogP contribution in [0.15, 0.2) is 60.4 Å². The van der Waals surface area contributed by atoms with Crippen LogP contribution in [0.4, 0.5) is 0 Å². The van der Waals surface area contributed by atoms with Crippen LogP contribution < -0.4 is 10.6 Å². The van der Waals surface area contributed by atoms with Crippen LogP contribution in [0.1, 0.15) is 24.0 Å². The Kier molecular flexibility index (Phi) is 6.97. The minimum atomic E-state index is 0.720. The molecule has 0 amide bonds. The SMILES string of the molecule is CN=C(NCCCCn1cnnc1)NCc1ccccc1Cn1cccn1. The van der Waals surface area contributed by atoms with Crippen molar-refractivity contribution >= 4 is 5.96 Å². The van der Waals surface area contributed by atoms with Crippen molar-refractivity contribution in [2.75, 3.05) is 13.6 Å². The minimum Gasteiger partial charge on any atom is -0.356 e. The summed E-state index contributed by atoms with van der Waals surface area (Å²) >= 11 is 0. The van der Waals surface area contributed by atoms with E-state index in [1.807, 2.05) is 21.5 Å². The first-order valence-corrected chi connectivity index (χ1v) is 9.16. The molecular formula is C19H26N8. The number of nitrogens with one attached hydrogen (secondary N) is 2. The van der Waals surface area contributed by atoms with Crippen molar-refractivity contribution in [3.05, 3.63) is 66.5 Å². The van der Waals surface area contributed by atoms with E-state index in [9.17, 15) is 0 Å². The summed E-state index contributed by atoms with van der Waals surface area (Å²) in [4.78, 5) is 4.31. The Balaban J connectivity index is 1.42. The molecule has 0 aliphatic carbocycles. The van der Waals surface area contributed by atoms with Gasteiger partial charge in [-0.25, -0.2) is 0 Å². The second kappa shape index (κ2) is 10.1. The highest BCUT2D eigenvalue weighted by Crippen LogP contribution is 2.10. The van der Waals surface area contributed by atoms with Crippen LogP contribution in [0.2, 0.25) is 0 Å². The summed E-state index contributed by atoms with van der Waals surface area (Å²) in [6, 6.07) is 10.3. The molecule has 1 aromatic carbocycles. The number of hydrogen-bond acceptors (Lipinski definition) is 4. The van der Waals surface area contributed by atoms with Gasteiger partial charge in [0.1, 0.15) is 12.7 Å². The Morgan fingerprint density at radius 2 is 1.85 bits per heavy atom. The molecule has 0 saturated heterocycles. The second-order valence-electron chi connectivity index (χ2n) is 6.23. The lowest BCUT2D eigenvalue weighted by molar-refractivity contribution is 0.597. The fourth-order valence-electron chi connectivity index (χ4n) is 2.82. The van der Waals surface area contributed by atoms with Gasteiger partial charge in [0.05, 0.1) is 6.54 Å². The number of aryl methyl sites for hydroxylation is 1. The quantitative estimate of drug-likeness (QED) is 0.342. The summed E-state index contributed by atoms with van der Waals surface area (Å²) in [5.41, 5.74) is 2.49. The first kappa shape index (κ1) is 18.6. The maximum atomic E-state index is 4.31. The molecule has 2 N–H and O–H groups in total. The first-order valence-electron chi connectivity index (χ1n) is 9.16. The van der Waals surface area contributed by atoms with Crippen LogP contribution in [-0.2, 0) is 19.6 Å². The van der Waals surface area contributed by atoms with Crippen molar-refractivity contribution in [1.29, 1.82) is 0 Å². The lowest BCUT2D eigenvalue weighted by Gasteiger charge is -2.14. The Bertz CT molecular complexity index is 808. The average Bonchev–Trinajstić information content (AvgIpc) is 3.39. The molecule has 0 radical (unpaired) electrons. The first-order chi connectivity index (χ1) is 13.3. The number of aromatic nitrogens is 5. The zero-order chi connectivity index (χ0) is 18.7. The Hall–Kier alpha value is -3.16. The molecule has 27 heavy (non-hydrogen) atoms. The topological polar surface area (TPSA) is 85.0 Å². The highest BCUT2D eigenvalue weighted by Gasteiger charge is 2.04. The van der Waals surface area contributed by atoms with Crippen molar-refractivity contribution in [3.63, 3.8) is 0 Å². The number of hydrogen-bond donors (Lipinski definition) is 2. The highest BCUT2D eigenvalue weighted by molar-refractivity contribution is 5.79. The van der Waals surface area contributed by atoms with E-state index in [2.05, 4.69) is 55.2 Å². The molecule has 0 spiro atoms. The van der Waals surface area contributed by atoms with Gasteiger partial charge in [0, 0.05) is 39.1 Å². The van der Waals surface area contributed by atoms with Crippen LogP contribution in [-0.4, -0.2) is 44.1 Å². The van der Waals surface area contributed by atoms with Crippen molar-refractivity contribution in [3.8, 4) is 0 Å². The van der Waals surface area contributed by atoms with Crippen molar-refractivity contribution < 1.29 is 0 Å². The Labute approximate surface area is 159 Å². The van der Waals surface area contributed by atoms with Gasteiger partial charge < -0.3 is 15.2 Å². The van der Waals surface area contributed by atoms with Crippen LogP contribution in [0, 0.1) is 0 Å². The fraction of sp³-hybridized carbons (Fsp3) is 0.368. The molecular weight excluding hydrogens is 340 g/mol. The van der Waals surface area contributed by atoms with E-state index >= 15 is 0 Å². The number of aliphatic imine (C=N–C) groups is 1. The summed E-state index contributed by atoms with van der Waals surface area (Å²) in [5.74, 6) is 0.813. The summed E-state index contributed by atoms with van der Waals surface area (Å²) in [6.45, 7) is 3.29. The smallest absolute Gasteiger partial charge is 0.191 e. The third-order valence-electron chi connectivity index (χ3n) is 4.28. The van der Waals surface area contributed by atoms with Gasteiger partial charge in [0.15, 0.2) is 5.96 Å². The Morgan fingerprint density at radius 3 is 2.59 bits per heavy atom. The molecule has 8 heteroatoms. The average molecular weight is 366 g/mol. The zero-order valence-corrected chi connectivity index (χ0v) is 15.6. The van der Waals surface area contributed by atoms with Crippen molar-refractivity contribution in [2.45, 2.75) is 32.5 Å². The van der Waals surface area contributed by atoms with Gasteiger partial charge in [-0.15, -0.1) is 10.2 Å². The molecule has 0 aliphatic heterocycles. The summed E-state index contributed by atoms with van der Waals surface area (Å²) in [6.07, 6.45) is 9.38. The van der Waals surface area contributed by atoms with E-state index in [4.69, 9.17) is 0 Å². The maximum absolute atomic E-state index is 4.31. The summed E-state index contributed by atoms with van der Waals surface area (Å²) < 4.78 is 3.92. The number of guanidine groups is 1. The molecule has 2 heterocycles. The zero-order valence-electron chi connectivity index (χ0n) is 15.6. The van der Waals surface area contributed by atoms with Gasteiger partial charge in [-0.2, -0.15) is 5.10 Å².